The summed E-state index contributed by atoms with van der Waals surface area (Å²) >= 11 is 0. The van der Waals surface area contributed by atoms with Crippen molar-refractivity contribution >= 4 is 5.69 Å². The van der Waals surface area contributed by atoms with Gasteiger partial charge in [-0.2, -0.15) is 13.2 Å². The molecular formula is C14H12F5N. The summed E-state index contributed by atoms with van der Waals surface area (Å²) < 4.78 is 64.0. The molecule has 0 atom stereocenters. The summed E-state index contributed by atoms with van der Waals surface area (Å²) in [5.74, 6) is -0.513. The number of piperidine rings is 1. The monoisotopic (exact) mass is 289 g/mol. The predicted octanol–water partition coefficient (Wildman–Crippen LogP) is 3.92. The number of hydrogen-bond acceptors (Lipinski definition) is 1. The van der Waals surface area contributed by atoms with Crippen LogP contribution in [-0.2, 0) is 6.18 Å². The van der Waals surface area contributed by atoms with Crippen LogP contribution in [0.15, 0.2) is 18.2 Å². The van der Waals surface area contributed by atoms with E-state index in [1.807, 2.05) is 0 Å². The van der Waals surface area contributed by atoms with Crippen molar-refractivity contribution in [1.29, 1.82) is 0 Å². The van der Waals surface area contributed by atoms with Gasteiger partial charge in [0.1, 0.15) is 0 Å². The SMILES string of the molecule is C#Cc1cc(C(F)(F)F)ccc1N1CCC(F)(F)CC1. The number of benzene rings is 1. The lowest BCUT2D eigenvalue weighted by atomic mass is 10.0. The van der Waals surface area contributed by atoms with E-state index in [1.54, 1.807) is 4.90 Å². The molecular weight excluding hydrogens is 277 g/mol. The van der Waals surface area contributed by atoms with Gasteiger partial charge in [0.25, 0.3) is 5.92 Å². The molecule has 2 rings (SSSR count). The summed E-state index contributed by atoms with van der Waals surface area (Å²) in [5.41, 5.74) is -0.363. The topological polar surface area (TPSA) is 3.24 Å². The summed E-state index contributed by atoms with van der Waals surface area (Å²) in [7, 11) is 0. The Kier molecular flexibility index (Phi) is 3.63. The van der Waals surface area contributed by atoms with Crippen LogP contribution in [-0.4, -0.2) is 19.0 Å². The molecule has 0 N–H and O–H groups in total. The normalized spacial score (nSPS) is 18.7. The molecule has 20 heavy (non-hydrogen) atoms. The zero-order valence-corrected chi connectivity index (χ0v) is 10.5. The minimum absolute atomic E-state index is 0.0741. The van der Waals surface area contributed by atoms with Crippen LogP contribution in [0, 0.1) is 12.3 Å². The van der Waals surface area contributed by atoms with Gasteiger partial charge in [0.05, 0.1) is 11.3 Å². The van der Waals surface area contributed by atoms with E-state index >= 15 is 0 Å². The van der Waals surface area contributed by atoms with Crippen molar-refractivity contribution in [3.8, 4) is 12.3 Å². The molecule has 0 aliphatic carbocycles. The molecule has 108 valence electrons. The molecule has 1 saturated heterocycles. The maximum atomic E-state index is 13.1. The predicted molar refractivity (Wildman–Crippen MR) is 65.8 cm³/mol. The molecule has 1 nitrogen and oxygen atoms in total. The van der Waals surface area contributed by atoms with E-state index in [0.29, 0.717) is 5.69 Å². The Hall–Kier alpha value is -1.77. The fourth-order valence-corrected chi connectivity index (χ4v) is 2.18. The van der Waals surface area contributed by atoms with Gasteiger partial charge in [-0.05, 0) is 18.2 Å². The summed E-state index contributed by atoms with van der Waals surface area (Å²) in [4.78, 5) is 1.60. The lowest BCUT2D eigenvalue weighted by Crippen LogP contribution is -2.39. The highest BCUT2D eigenvalue weighted by atomic mass is 19.4. The molecule has 1 aromatic rings. The van der Waals surface area contributed by atoms with Crippen molar-refractivity contribution in [2.24, 2.45) is 0 Å². The second-order valence-corrected chi connectivity index (χ2v) is 4.72. The van der Waals surface area contributed by atoms with Gasteiger partial charge in [0.15, 0.2) is 0 Å². The average Bonchev–Trinajstić information content (AvgIpc) is 2.37. The minimum Gasteiger partial charge on any atom is -0.370 e. The van der Waals surface area contributed by atoms with Crippen molar-refractivity contribution in [3.63, 3.8) is 0 Å². The molecule has 0 aromatic heterocycles. The van der Waals surface area contributed by atoms with Gasteiger partial charge >= 0.3 is 6.18 Å². The maximum absolute atomic E-state index is 13.1. The van der Waals surface area contributed by atoms with Crippen LogP contribution in [0.25, 0.3) is 0 Å². The molecule has 0 amide bonds. The quantitative estimate of drug-likeness (QED) is 0.559. The third-order valence-corrected chi connectivity index (χ3v) is 3.32. The van der Waals surface area contributed by atoms with Crippen molar-refractivity contribution in [3.05, 3.63) is 29.3 Å². The second-order valence-electron chi connectivity index (χ2n) is 4.72. The molecule has 6 heteroatoms. The Morgan fingerprint density at radius 2 is 1.75 bits per heavy atom. The van der Waals surface area contributed by atoms with E-state index < -0.39 is 17.7 Å². The number of rotatable bonds is 1. The van der Waals surface area contributed by atoms with Gasteiger partial charge in [-0.25, -0.2) is 8.78 Å². The molecule has 0 saturated carbocycles. The standard InChI is InChI=1S/C14H12F5N/c1-2-10-9-11(14(17,18)19)3-4-12(10)20-7-5-13(15,16)6-8-20/h1,3-4,9H,5-8H2. The van der Waals surface area contributed by atoms with Crippen molar-refractivity contribution in [2.45, 2.75) is 24.9 Å². The Bertz CT molecular complexity index is 531. The number of alkyl halides is 5. The largest absolute Gasteiger partial charge is 0.416 e. The number of halogens is 5. The average molecular weight is 289 g/mol. The highest BCUT2D eigenvalue weighted by molar-refractivity contribution is 5.62. The molecule has 0 unspecified atom stereocenters. The van der Waals surface area contributed by atoms with Gasteiger partial charge in [-0.1, -0.05) is 5.92 Å². The Morgan fingerprint density at radius 3 is 2.25 bits per heavy atom. The highest BCUT2D eigenvalue weighted by Gasteiger charge is 2.35. The summed E-state index contributed by atoms with van der Waals surface area (Å²) in [5, 5.41) is 0. The Balaban J connectivity index is 2.28. The lowest BCUT2D eigenvalue weighted by molar-refractivity contribution is -0.137. The van der Waals surface area contributed by atoms with Crippen LogP contribution in [0.2, 0.25) is 0 Å². The zero-order valence-electron chi connectivity index (χ0n) is 10.5. The molecule has 1 fully saturated rings. The fraction of sp³-hybridized carbons (Fsp3) is 0.429. The Morgan fingerprint density at radius 1 is 1.15 bits per heavy atom. The third-order valence-electron chi connectivity index (χ3n) is 3.32. The zero-order chi connectivity index (χ0) is 15.0. The number of anilines is 1. The van der Waals surface area contributed by atoms with Gasteiger partial charge in [-0.15, -0.1) is 6.42 Å². The van der Waals surface area contributed by atoms with Gasteiger partial charge < -0.3 is 4.90 Å². The highest BCUT2D eigenvalue weighted by Crippen LogP contribution is 2.35. The molecule has 1 aliphatic rings. The van der Waals surface area contributed by atoms with Crippen LogP contribution in [0.4, 0.5) is 27.6 Å². The Labute approximate surface area is 113 Å². The van der Waals surface area contributed by atoms with E-state index in [2.05, 4.69) is 5.92 Å². The summed E-state index contributed by atoms with van der Waals surface area (Å²) in [6, 6.07) is 3.05. The minimum atomic E-state index is -4.47. The lowest BCUT2D eigenvalue weighted by Gasteiger charge is -2.34. The van der Waals surface area contributed by atoms with Crippen LogP contribution in [0.1, 0.15) is 24.0 Å². The van der Waals surface area contributed by atoms with Gasteiger partial charge in [-0.3, -0.25) is 0 Å². The number of nitrogens with zero attached hydrogens (tertiary/aromatic N) is 1. The molecule has 1 heterocycles. The first-order chi connectivity index (χ1) is 9.23. The molecule has 0 spiro atoms. The van der Waals surface area contributed by atoms with Crippen LogP contribution in [0.3, 0.4) is 0 Å². The van der Waals surface area contributed by atoms with E-state index in [0.717, 1.165) is 12.1 Å². The molecule has 0 bridgehead atoms. The van der Waals surface area contributed by atoms with E-state index in [9.17, 15) is 22.0 Å². The van der Waals surface area contributed by atoms with E-state index in [4.69, 9.17) is 6.42 Å². The fourth-order valence-electron chi connectivity index (χ4n) is 2.18. The summed E-state index contributed by atoms with van der Waals surface area (Å²) in [6.07, 6.45) is 0.115. The van der Waals surface area contributed by atoms with Crippen molar-refractivity contribution in [2.75, 3.05) is 18.0 Å². The number of terminal acetylenes is 1. The van der Waals surface area contributed by atoms with Crippen molar-refractivity contribution < 1.29 is 22.0 Å². The smallest absolute Gasteiger partial charge is 0.370 e. The van der Waals surface area contributed by atoms with Gasteiger partial charge in [0.2, 0.25) is 0 Å². The van der Waals surface area contributed by atoms with Gasteiger partial charge in [0, 0.05) is 31.5 Å². The first-order valence-corrected chi connectivity index (χ1v) is 6.03. The third kappa shape index (κ3) is 3.03. The first-order valence-electron chi connectivity index (χ1n) is 6.03. The van der Waals surface area contributed by atoms with Crippen LogP contribution >= 0.6 is 0 Å². The first kappa shape index (κ1) is 14.6. The second kappa shape index (κ2) is 4.97. The van der Waals surface area contributed by atoms with E-state index in [-0.39, 0.29) is 31.5 Å². The summed E-state index contributed by atoms with van der Waals surface area (Å²) in [6.45, 7) is 0.153. The molecule has 0 radical (unpaired) electrons. The van der Waals surface area contributed by atoms with Crippen molar-refractivity contribution in [1.82, 2.24) is 0 Å². The molecule has 1 aromatic carbocycles. The van der Waals surface area contributed by atoms with Crippen LogP contribution < -0.4 is 4.90 Å². The maximum Gasteiger partial charge on any atom is 0.416 e. The van der Waals surface area contributed by atoms with E-state index in [1.165, 1.54) is 6.07 Å². The van der Waals surface area contributed by atoms with Crippen LogP contribution in [0.5, 0.6) is 0 Å². The number of hydrogen-bond donors (Lipinski definition) is 0. The molecule has 1 aliphatic heterocycles.